The van der Waals surface area contributed by atoms with Crippen LogP contribution in [0.3, 0.4) is 0 Å². The van der Waals surface area contributed by atoms with E-state index < -0.39 is 54.9 Å². The first-order valence-electron chi connectivity index (χ1n) is 9.78. The van der Waals surface area contributed by atoms with Crippen molar-refractivity contribution in [2.24, 2.45) is 0 Å². The standard InChI is InChI=1S/C18H31O10P/c1-8-23-29(20,24-9-2)18(15(19)21-7)14-13(26-17(5,6)28-14)12(27-18)11-10-22-16(3,4)25-11/h11-14H,8-10H2,1-7H3/t11-,12-,13+,14+,18+/m1/s1. The van der Waals surface area contributed by atoms with Gasteiger partial charge in [-0.3, -0.25) is 4.57 Å². The topological polar surface area (TPSA) is 108 Å². The summed E-state index contributed by atoms with van der Waals surface area (Å²) in [6.45, 7) is 10.5. The van der Waals surface area contributed by atoms with E-state index in [1.54, 1.807) is 41.5 Å². The fourth-order valence-corrected chi connectivity index (χ4v) is 6.26. The zero-order valence-corrected chi connectivity index (χ0v) is 18.9. The van der Waals surface area contributed by atoms with Crippen LogP contribution in [-0.4, -0.2) is 74.2 Å². The number of ether oxygens (including phenoxy) is 6. The maximum absolute atomic E-state index is 13.9. The Morgan fingerprint density at radius 2 is 1.59 bits per heavy atom. The summed E-state index contributed by atoms with van der Waals surface area (Å²) < 4.78 is 59.7. The minimum absolute atomic E-state index is 0.0295. The lowest BCUT2D eigenvalue weighted by Gasteiger charge is -2.36. The average molecular weight is 438 g/mol. The molecule has 0 bridgehead atoms. The van der Waals surface area contributed by atoms with Crippen LogP contribution in [0.25, 0.3) is 0 Å². The zero-order valence-electron chi connectivity index (χ0n) is 18.0. The molecule has 0 N–H and O–H groups in total. The van der Waals surface area contributed by atoms with Crippen LogP contribution in [0.1, 0.15) is 41.5 Å². The Bertz CT molecular complexity index is 670. The Balaban J connectivity index is 2.10. The average Bonchev–Trinajstić information content (AvgIpc) is 3.23. The van der Waals surface area contributed by atoms with Crippen LogP contribution in [0.5, 0.6) is 0 Å². The number of fused-ring (bicyclic) bond motifs is 1. The van der Waals surface area contributed by atoms with Crippen molar-refractivity contribution < 1.29 is 46.8 Å². The molecule has 10 nitrogen and oxygen atoms in total. The van der Waals surface area contributed by atoms with E-state index >= 15 is 0 Å². The fraction of sp³-hybridized carbons (Fsp3) is 0.944. The van der Waals surface area contributed by atoms with E-state index in [1.807, 2.05) is 0 Å². The molecule has 0 aliphatic carbocycles. The molecule has 3 aliphatic rings. The SMILES string of the molecule is CCOP(=O)(OCC)[C@@]1(C(=O)OC)O[C@H]([C@H]2COC(C)(C)O2)[C@@H]2OC(C)(C)O[C@@H]21. The number of methoxy groups -OCH3 is 1. The molecule has 0 aromatic rings. The molecule has 168 valence electrons. The molecule has 0 unspecified atom stereocenters. The first-order chi connectivity index (χ1) is 13.5. The molecule has 29 heavy (non-hydrogen) atoms. The van der Waals surface area contributed by atoms with Crippen LogP contribution in [0, 0.1) is 0 Å². The molecule has 11 heteroatoms. The second-order valence-corrected chi connectivity index (χ2v) is 10.2. The van der Waals surface area contributed by atoms with Gasteiger partial charge in [-0.05, 0) is 41.5 Å². The van der Waals surface area contributed by atoms with E-state index in [-0.39, 0.29) is 19.8 Å². The van der Waals surface area contributed by atoms with Crippen LogP contribution in [0.15, 0.2) is 0 Å². The summed E-state index contributed by atoms with van der Waals surface area (Å²) in [5.41, 5.74) is 0. The Labute approximate surface area is 170 Å². The van der Waals surface area contributed by atoms with Crippen molar-refractivity contribution >= 4 is 13.6 Å². The van der Waals surface area contributed by atoms with E-state index in [0.717, 1.165) is 0 Å². The highest BCUT2D eigenvalue weighted by molar-refractivity contribution is 7.56. The van der Waals surface area contributed by atoms with Crippen LogP contribution in [0.4, 0.5) is 0 Å². The van der Waals surface area contributed by atoms with Crippen molar-refractivity contribution in [2.45, 2.75) is 82.9 Å². The van der Waals surface area contributed by atoms with E-state index in [1.165, 1.54) is 7.11 Å². The molecule has 0 radical (unpaired) electrons. The van der Waals surface area contributed by atoms with Gasteiger partial charge in [0.1, 0.15) is 24.4 Å². The highest BCUT2D eigenvalue weighted by Crippen LogP contribution is 2.68. The molecule has 0 aromatic heterocycles. The zero-order chi connectivity index (χ0) is 21.7. The quantitative estimate of drug-likeness (QED) is 0.433. The second-order valence-electron chi connectivity index (χ2n) is 7.99. The highest BCUT2D eigenvalue weighted by Gasteiger charge is 2.77. The smallest absolute Gasteiger partial charge is 0.376 e. The van der Waals surface area contributed by atoms with Gasteiger partial charge < -0.3 is 37.5 Å². The molecule has 3 rings (SSSR count). The molecule has 3 aliphatic heterocycles. The van der Waals surface area contributed by atoms with Crippen molar-refractivity contribution in [3.05, 3.63) is 0 Å². The van der Waals surface area contributed by atoms with Crippen LogP contribution < -0.4 is 0 Å². The predicted molar refractivity (Wildman–Crippen MR) is 99.2 cm³/mol. The number of carbonyl (C=O) groups excluding carboxylic acids is 1. The third-order valence-corrected chi connectivity index (χ3v) is 7.59. The van der Waals surface area contributed by atoms with Crippen LogP contribution >= 0.6 is 7.60 Å². The lowest BCUT2D eigenvalue weighted by molar-refractivity contribution is -0.220. The molecular formula is C18H31O10P. The van der Waals surface area contributed by atoms with Crippen molar-refractivity contribution in [3.8, 4) is 0 Å². The summed E-state index contributed by atoms with van der Waals surface area (Å²) in [5, 5.41) is -2.16. The molecule has 0 saturated carbocycles. The monoisotopic (exact) mass is 438 g/mol. The first-order valence-corrected chi connectivity index (χ1v) is 11.3. The number of esters is 1. The predicted octanol–water partition coefficient (Wildman–Crippen LogP) is 2.19. The maximum atomic E-state index is 13.9. The third kappa shape index (κ3) is 3.78. The molecule has 3 fully saturated rings. The van der Waals surface area contributed by atoms with E-state index in [4.69, 9.17) is 37.5 Å². The first kappa shape index (κ1) is 23.1. The number of hydrogen-bond acceptors (Lipinski definition) is 10. The van der Waals surface area contributed by atoms with Gasteiger partial charge in [-0.15, -0.1) is 0 Å². The van der Waals surface area contributed by atoms with Gasteiger partial charge in [0.05, 0.1) is 26.9 Å². The highest BCUT2D eigenvalue weighted by atomic mass is 31.2. The summed E-state index contributed by atoms with van der Waals surface area (Å²) in [6.07, 6.45) is -3.28. The Hall–Kier alpha value is -0.580. The van der Waals surface area contributed by atoms with Gasteiger partial charge in [0.15, 0.2) is 11.6 Å². The molecule has 0 aromatic carbocycles. The van der Waals surface area contributed by atoms with E-state index in [2.05, 4.69) is 0 Å². The molecular weight excluding hydrogens is 407 g/mol. The van der Waals surface area contributed by atoms with E-state index in [0.29, 0.717) is 0 Å². The number of carbonyl (C=O) groups is 1. The summed E-state index contributed by atoms with van der Waals surface area (Å²) in [5.74, 6) is -2.81. The van der Waals surface area contributed by atoms with Gasteiger partial charge in [-0.1, -0.05) is 0 Å². The van der Waals surface area contributed by atoms with Crippen LogP contribution in [0.2, 0.25) is 0 Å². The minimum atomic E-state index is -4.20. The number of rotatable bonds is 7. The summed E-state index contributed by atoms with van der Waals surface area (Å²) in [4.78, 5) is 13.1. The Kier molecular flexibility index (Phi) is 6.24. The van der Waals surface area contributed by atoms with Gasteiger partial charge in [0.25, 0.3) is 5.34 Å². The summed E-state index contributed by atoms with van der Waals surface area (Å²) in [6, 6.07) is 0. The van der Waals surface area contributed by atoms with Gasteiger partial charge in [-0.2, -0.15) is 0 Å². The molecule has 0 amide bonds. The Morgan fingerprint density at radius 1 is 0.966 bits per heavy atom. The largest absolute Gasteiger partial charge is 0.466 e. The second kappa shape index (κ2) is 7.84. The molecule has 5 atom stereocenters. The van der Waals surface area contributed by atoms with E-state index in [9.17, 15) is 9.36 Å². The van der Waals surface area contributed by atoms with Gasteiger partial charge >= 0.3 is 13.6 Å². The summed E-state index contributed by atoms with van der Waals surface area (Å²) >= 11 is 0. The Morgan fingerprint density at radius 3 is 2.07 bits per heavy atom. The minimum Gasteiger partial charge on any atom is -0.466 e. The third-order valence-electron chi connectivity index (χ3n) is 5.03. The van der Waals surface area contributed by atoms with Crippen molar-refractivity contribution in [1.29, 1.82) is 0 Å². The fourth-order valence-electron chi connectivity index (χ4n) is 4.05. The van der Waals surface area contributed by atoms with Gasteiger partial charge in [0.2, 0.25) is 0 Å². The molecule has 3 saturated heterocycles. The molecule has 3 heterocycles. The van der Waals surface area contributed by atoms with Crippen molar-refractivity contribution in [2.75, 3.05) is 26.9 Å². The molecule has 0 spiro atoms. The normalized spacial score (nSPS) is 38.2. The lowest BCUT2D eigenvalue weighted by Crippen LogP contribution is -2.51. The van der Waals surface area contributed by atoms with Crippen molar-refractivity contribution in [3.63, 3.8) is 0 Å². The van der Waals surface area contributed by atoms with Gasteiger partial charge in [-0.25, -0.2) is 4.79 Å². The lowest BCUT2D eigenvalue weighted by atomic mass is 10.0. The number of hydrogen-bond donors (Lipinski definition) is 0. The summed E-state index contributed by atoms with van der Waals surface area (Å²) in [7, 11) is -3.03. The van der Waals surface area contributed by atoms with Gasteiger partial charge in [0, 0.05) is 0 Å². The maximum Gasteiger partial charge on any atom is 0.376 e. The van der Waals surface area contributed by atoms with Crippen LogP contribution in [-0.2, 0) is 46.8 Å². The van der Waals surface area contributed by atoms with Crippen molar-refractivity contribution in [1.82, 2.24) is 0 Å².